The number of carbonyl (C=O) groups excluding carboxylic acids is 1. The Morgan fingerprint density at radius 1 is 1.22 bits per heavy atom. The van der Waals surface area contributed by atoms with E-state index in [9.17, 15) is 4.79 Å². The standard InChI is InChI=1S/C14H20ClNOS/c1-2-3-4-5-10-16-14(17)11-18-13-8-6-12(15)7-9-13/h6-9H,2-5,10-11H2,1H3,(H,16,17). The lowest BCUT2D eigenvalue weighted by Crippen LogP contribution is -2.26. The van der Waals surface area contributed by atoms with E-state index in [1.807, 2.05) is 24.3 Å². The minimum absolute atomic E-state index is 0.103. The Hall–Kier alpha value is -0.670. The highest BCUT2D eigenvalue weighted by atomic mass is 35.5. The van der Waals surface area contributed by atoms with E-state index in [1.165, 1.54) is 31.0 Å². The summed E-state index contributed by atoms with van der Waals surface area (Å²) in [5.74, 6) is 0.571. The van der Waals surface area contributed by atoms with E-state index in [0.717, 1.165) is 22.9 Å². The number of hydrogen-bond donors (Lipinski definition) is 1. The highest BCUT2D eigenvalue weighted by Gasteiger charge is 2.02. The first-order valence-electron chi connectivity index (χ1n) is 6.37. The summed E-state index contributed by atoms with van der Waals surface area (Å²) in [6, 6.07) is 7.54. The van der Waals surface area contributed by atoms with Gasteiger partial charge in [-0.2, -0.15) is 0 Å². The molecule has 0 unspecified atom stereocenters. The van der Waals surface area contributed by atoms with Gasteiger partial charge in [-0.05, 0) is 30.7 Å². The first-order chi connectivity index (χ1) is 8.72. The van der Waals surface area contributed by atoms with Crippen LogP contribution in [0.2, 0.25) is 5.02 Å². The lowest BCUT2D eigenvalue weighted by Gasteiger charge is -2.05. The SMILES string of the molecule is CCCCCCNC(=O)CSc1ccc(Cl)cc1. The molecule has 0 aromatic heterocycles. The van der Waals surface area contributed by atoms with E-state index < -0.39 is 0 Å². The van der Waals surface area contributed by atoms with Crippen LogP contribution in [0.4, 0.5) is 0 Å². The third-order valence-corrected chi connectivity index (χ3v) is 3.80. The molecule has 2 nitrogen and oxygen atoms in total. The largest absolute Gasteiger partial charge is 0.355 e. The fourth-order valence-electron chi connectivity index (χ4n) is 1.51. The van der Waals surface area contributed by atoms with Crippen LogP contribution in [0.1, 0.15) is 32.6 Å². The first-order valence-corrected chi connectivity index (χ1v) is 7.74. The van der Waals surface area contributed by atoms with Gasteiger partial charge in [0.1, 0.15) is 0 Å². The Labute approximate surface area is 118 Å². The third kappa shape index (κ3) is 6.92. The lowest BCUT2D eigenvalue weighted by molar-refractivity contribution is -0.118. The maximum atomic E-state index is 11.6. The number of benzene rings is 1. The van der Waals surface area contributed by atoms with Crippen molar-refractivity contribution in [2.75, 3.05) is 12.3 Å². The van der Waals surface area contributed by atoms with Crippen molar-refractivity contribution in [3.8, 4) is 0 Å². The zero-order chi connectivity index (χ0) is 13.2. The lowest BCUT2D eigenvalue weighted by atomic mass is 10.2. The number of hydrogen-bond acceptors (Lipinski definition) is 2. The highest BCUT2D eigenvalue weighted by Crippen LogP contribution is 2.19. The average molecular weight is 286 g/mol. The second-order valence-corrected chi connectivity index (χ2v) is 5.64. The van der Waals surface area contributed by atoms with Gasteiger partial charge >= 0.3 is 0 Å². The molecule has 0 spiro atoms. The predicted molar refractivity (Wildman–Crippen MR) is 79.3 cm³/mol. The summed E-state index contributed by atoms with van der Waals surface area (Å²) < 4.78 is 0. The van der Waals surface area contributed by atoms with Crippen LogP contribution in [0.3, 0.4) is 0 Å². The molecule has 1 aromatic rings. The number of unbranched alkanes of at least 4 members (excludes halogenated alkanes) is 3. The third-order valence-electron chi connectivity index (χ3n) is 2.54. The van der Waals surface area contributed by atoms with Crippen molar-refractivity contribution in [1.29, 1.82) is 0 Å². The molecule has 1 rings (SSSR count). The maximum absolute atomic E-state index is 11.6. The van der Waals surface area contributed by atoms with Gasteiger partial charge in [0.05, 0.1) is 5.75 Å². The van der Waals surface area contributed by atoms with E-state index in [-0.39, 0.29) is 5.91 Å². The van der Waals surface area contributed by atoms with Crippen molar-refractivity contribution in [1.82, 2.24) is 5.32 Å². The smallest absolute Gasteiger partial charge is 0.230 e. The number of amides is 1. The fourth-order valence-corrected chi connectivity index (χ4v) is 2.36. The molecule has 100 valence electrons. The zero-order valence-electron chi connectivity index (χ0n) is 10.7. The zero-order valence-corrected chi connectivity index (χ0v) is 12.3. The number of halogens is 1. The van der Waals surface area contributed by atoms with Crippen molar-refractivity contribution in [3.05, 3.63) is 29.3 Å². The van der Waals surface area contributed by atoms with Gasteiger partial charge in [-0.3, -0.25) is 4.79 Å². The van der Waals surface area contributed by atoms with Crippen LogP contribution in [0.25, 0.3) is 0 Å². The van der Waals surface area contributed by atoms with E-state index in [0.29, 0.717) is 5.75 Å². The fraction of sp³-hybridized carbons (Fsp3) is 0.500. The molecule has 0 radical (unpaired) electrons. The van der Waals surface area contributed by atoms with Crippen molar-refractivity contribution < 1.29 is 4.79 Å². The minimum Gasteiger partial charge on any atom is -0.355 e. The topological polar surface area (TPSA) is 29.1 Å². The number of nitrogens with one attached hydrogen (secondary N) is 1. The normalized spacial score (nSPS) is 10.3. The second kappa shape index (κ2) is 9.29. The summed E-state index contributed by atoms with van der Waals surface area (Å²) in [7, 11) is 0. The van der Waals surface area contributed by atoms with Gasteiger partial charge in [0, 0.05) is 16.5 Å². The van der Waals surface area contributed by atoms with Crippen molar-refractivity contribution in [2.24, 2.45) is 0 Å². The summed E-state index contributed by atoms with van der Waals surface area (Å²) in [6.45, 7) is 2.97. The summed E-state index contributed by atoms with van der Waals surface area (Å²) in [4.78, 5) is 12.6. The van der Waals surface area contributed by atoms with E-state index in [4.69, 9.17) is 11.6 Å². The molecule has 0 aliphatic heterocycles. The van der Waals surface area contributed by atoms with Gasteiger partial charge in [0.25, 0.3) is 0 Å². The molecular weight excluding hydrogens is 266 g/mol. The Bertz CT molecular complexity index is 353. The van der Waals surface area contributed by atoms with Gasteiger partial charge in [-0.1, -0.05) is 37.8 Å². The molecule has 0 atom stereocenters. The average Bonchev–Trinajstić information content (AvgIpc) is 2.38. The molecule has 4 heteroatoms. The van der Waals surface area contributed by atoms with Gasteiger partial charge in [-0.15, -0.1) is 11.8 Å². The quantitative estimate of drug-likeness (QED) is 0.575. The second-order valence-electron chi connectivity index (χ2n) is 4.15. The Kier molecular flexibility index (Phi) is 7.94. The summed E-state index contributed by atoms with van der Waals surface area (Å²) in [5.41, 5.74) is 0. The van der Waals surface area contributed by atoms with Crippen molar-refractivity contribution >= 4 is 29.3 Å². The van der Waals surface area contributed by atoms with Crippen molar-refractivity contribution in [3.63, 3.8) is 0 Å². The minimum atomic E-state index is 0.103. The molecule has 1 amide bonds. The van der Waals surface area contributed by atoms with Gasteiger partial charge < -0.3 is 5.32 Å². The summed E-state index contributed by atoms with van der Waals surface area (Å²) in [6.07, 6.45) is 4.74. The first kappa shape index (κ1) is 15.4. The van der Waals surface area contributed by atoms with Crippen LogP contribution >= 0.6 is 23.4 Å². The number of thioether (sulfide) groups is 1. The molecule has 0 saturated heterocycles. The molecule has 1 aromatic carbocycles. The predicted octanol–water partition coefficient (Wildman–Crippen LogP) is 4.13. The van der Waals surface area contributed by atoms with E-state index >= 15 is 0 Å². The Morgan fingerprint density at radius 2 is 1.94 bits per heavy atom. The number of rotatable bonds is 8. The number of carbonyl (C=O) groups is 1. The van der Waals surface area contributed by atoms with Gasteiger partial charge in [0.2, 0.25) is 5.91 Å². The van der Waals surface area contributed by atoms with Crippen LogP contribution < -0.4 is 5.32 Å². The molecule has 0 heterocycles. The molecule has 0 fully saturated rings. The maximum Gasteiger partial charge on any atom is 0.230 e. The van der Waals surface area contributed by atoms with Crippen LogP contribution in [-0.2, 0) is 4.79 Å². The summed E-state index contributed by atoms with van der Waals surface area (Å²) in [5, 5.41) is 3.66. The highest BCUT2D eigenvalue weighted by molar-refractivity contribution is 8.00. The van der Waals surface area contributed by atoms with Crippen LogP contribution in [0.15, 0.2) is 29.2 Å². The van der Waals surface area contributed by atoms with Crippen LogP contribution in [0.5, 0.6) is 0 Å². The van der Waals surface area contributed by atoms with E-state index in [2.05, 4.69) is 12.2 Å². The van der Waals surface area contributed by atoms with Gasteiger partial charge in [-0.25, -0.2) is 0 Å². The van der Waals surface area contributed by atoms with Crippen molar-refractivity contribution in [2.45, 2.75) is 37.5 Å². The van der Waals surface area contributed by atoms with Crippen LogP contribution in [-0.4, -0.2) is 18.2 Å². The van der Waals surface area contributed by atoms with E-state index in [1.54, 1.807) is 0 Å². The van der Waals surface area contributed by atoms with Gasteiger partial charge in [0.15, 0.2) is 0 Å². The molecule has 0 aliphatic rings. The molecule has 0 saturated carbocycles. The monoisotopic (exact) mass is 285 g/mol. The molecule has 18 heavy (non-hydrogen) atoms. The van der Waals surface area contributed by atoms with Crippen LogP contribution in [0, 0.1) is 0 Å². The molecule has 1 N–H and O–H groups in total. The molecular formula is C14H20ClNOS. The Morgan fingerprint density at radius 3 is 2.61 bits per heavy atom. The molecule has 0 aliphatic carbocycles. The molecule has 0 bridgehead atoms. The summed E-state index contributed by atoms with van der Waals surface area (Å²) >= 11 is 7.33. The Balaban J connectivity index is 2.11.